The summed E-state index contributed by atoms with van der Waals surface area (Å²) in [6.45, 7) is 3.57. The molecule has 0 bridgehead atoms. The van der Waals surface area contributed by atoms with Gasteiger partial charge in [-0.1, -0.05) is 36.4 Å². The number of carboxylic acids is 1. The maximum absolute atomic E-state index is 13.3. The van der Waals surface area contributed by atoms with E-state index >= 15 is 0 Å². The number of anilines is 1. The second kappa shape index (κ2) is 8.16. The minimum absolute atomic E-state index is 0.0105. The Kier molecular flexibility index (Phi) is 5.39. The Balaban J connectivity index is 1.81. The molecule has 31 heavy (non-hydrogen) atoms. The van der Waals surface area contributed by atoms with E-state index < -0.39 is 17.4 Å². The molecular formula is C23H19N3O4S. The van der Waals surface area contributed by atoms with E-state index in [1.165, 1.54) is 9.95 Å². The number of carbonyl (C=O) groups is 2. The molecule has 1 amide bonds. The van der Waals surface area contributed by atoms with Gasteiger partial charge in [-0.25, -0.2) is 9.78 Å². The summed E-state index contributed by atoms with van der Waals surface area (Å²) in [4.78, 5) is 42.5. The number of carboxylic acid groups (broad SMARTS) is 1. The van der Waals surface area contributed by atoms with Gasteiger partial charge in [-0.2, -0.15) is 0 Å². The molecule has 0 saturated carbocycles. The van der Waals surface area contributed by atoms with Crippen LogP contribution in [0.2, 0.25) is 0 Å². The third-order valence-electron chi connectivity index (χ3n) is 4.76. The Labute approximate surface area is 181 Å². The highest BCUT2D eigenvalue weighted by molar-refractivity contribution is 7.17. The highest BCUT2D eigenvalue weighted by atomic mass is 32.1. The highest BCUT2D eigenvalue weighted by Gasteiger charge is 2.21. The zero-order valence-corrected chi connectivity index (χ0v) is 17.7. The van der Waals surface area contributed by atoms with Gasteiger partial charge in [0.15, 0.2) is 0 Å². The summed E-state index contributed by atoms with van der Waals surface area (Å²) in [5.41, 5.74) is 2.63. The number of carbonyl (C=O) groups excluding carboxylic acids is 1. The molecule has 0 aliphatic carbocycles. The first-order chi connectivity index (χ1) is 14.8. The van der Waals surface area contributed by atoms with Crippen LogP contribution in [0.25, 0.3) is 21.6 Å². The lowest BCUT2D eigenvalue weighted by Gasteiger charge is -2.13. The van der Waals surface area contributed by atoms with Gasteiger partial charge in [0.25, 0.3) is 5.56 Å². The van der Waals surface area contributed by atoms with E-state index in [9.17, 15) is 19.5 Å². The maximum atomic E-state index is 13.3. The number of rotatable bonds is 5. The van der Waals surface area contributed by atoms with Crippen LogP contribution in [-0.4, -0.2) is 26.5 Å². The molecule has 0 aliphatic heterocycles. The van der Waals surface area contributed by atoms with E-state index in [4.69, 9.17) is 0 Å². The molecule has 156 valence electrons. The molecule has 0 aliphatic rings. The van der Waals surface area contributed by atoms with Gasteiger partial charge in [0.1, 0.15) is 17.2 Å². The van der Waals surface area contributed by atoms with Crippen molar-refractivity contribution in [3.8, 4) is 11.4 Å². The Bertz CT molecular complexity index is 1350. The highest BCUT2D eigenvalue weighted by Crippen LogP contribution is 2.25. The molecule has 0 fully saturated rings. The fraction of sp³-hybridized carbons (Fsp3) is 0.130. The standard InChI is InChI=1S/C23H19N3O4S/c1-13-8-14(2)10-16(9-13)24-18(27)11-26-20(15-6-4-3-5-7-15)25-21-19(22(26)28)17(12-31-21)23(29)30/h3-10,12H,11H2,1-2H3,(H,24,27)(H,29,30). The summed E-state index contributed by atoms with van der Waals surface area (Å²) >= 11 is 1.09. The average Bonchev–Trinajstić information content (AvgIpc) is 3.14. The summed E-state index contributed by atoms with van der Waals surface area (Å²) in [7, 11) is 0. The molecule has 2 aromatic carbocycles. The minimum atomic E-state index is -1.20. The van der Waals surface area contributed by atoms with Crippen LogP contribution in [0.5, 0.6) is 0 Å². The van der Waals surface area contributed by atoms with Crippen LogP contribution in [0, 0.1) is 13.8 Å². The Morgan fingerprint density at radius 1 is 1.10 bits per heavy atom. The molecule has 2 aromatic heterocycles. The normalized spacial score (nSPS) is 10.9. The van der Waals surface area contributed by atoms with Crippen molar-refractivity contribution < 1.29 is 14.7 Å². The second-order valence-electron chi connectivity index (χ2n) is 7.25. The number of aromatic carboxylic acids is 1. The Morgan fingerprint density at radius 3 is 2.42 bits per heavy atom. The summed E-state index contributed by atoms with van der Waals surface area (Å²) < 4.78 is 1.23. The number of hydrogen-bond acceptors (Lipinski definition) is 5. The first-order valence-electron chi connectivity index (χ1n) is 9.52. The largest absolute Gasteiger partial charge is 0.478 e. The molecule has 0 atom stereocenters. The second-order valence-corrected chi connectivity index (χ2v) is 8.11. The Morgan fingerprint density at radius 2 is 1.77 bits per heavy atom. The fourth-order valence-corrected chi connectivity index (χ4v) is 4.43. The van der Waals surface area contributed by atoms with Crippen molar-refractivity contribution in [3.63, 3.8) is 0 Å². The quantitative estimate of drug-likeness (QED) is 0.494. The number of amides is 1. The number of hydrogen-bond donors (Lipinski definition) is 2. The maximum Gasteiger partial charge on any atom is 0.337 e. The van der Waals surface area contributed by atoms with Gasteiger partial charge in [0.05, 0.1) is 10.9 Å². The molecule has 8 heteroatoms. The smallest absolute Gasteiger partial charge is 0.337 e. The third-order valence-corrected chi connectivity index (χ3v) is 5.64. The molecule has 2 heterocycles. The average molecular weight is 433 g/mol. The fourth-order valence-electron chi connectivity index (χ4n) is 3.53. The predicted molar refractivity (Wildman–Crippen MR) is 121 cm³/mol. The lowest BCUT2D eigenvalue weighted by molar-refractivity contribution is -0.116. The van der Waals surface area contributed by atoms with Crippen molar-refractivity contribution in [1.29, 1.82) is 0 Å². The van der Waals surface area contributed by atoms with Crippen molar-refractivity contribution >= 4 is 39.1 Å². The lowest BCUT2D eigenvalue weighted by Crippen LogP contribution is -2.30. The molecule has 2 N–H and O–H groups in total. The van der Waals surface area contributed by atoms with Crippen LogP contribution < -0.4 is 10.9 Å². The number of nitrogens with one attached hydrogen (secondary N) is 1. The van der Waals surface area contributed by atoms with Gasteiger partial charge in [0.2, 0.25) is 5.91 Å². The molecule has 0 unspecified atom stereocenters. The topological polar surface area (TPSA) is 101 Å². The number of benzene rings is 2. The molecule has 0 radical (unpaired) electrons. The van der Waals surface area contributed by atoms with E-state index in [2.05, 4.69) is 10.3 Å². The number of aryl methyl sites for hydroxylation is 2. The summed E-state index contributed by atoms with van der Waals surface area (Å²) in [5.74, 6) is -1.30. The summed E-state index contributed by atoms with van der Waals surface area (Å²) in [6.07, 6.45) is 0. The predicted octanol–water partition coefficient (Wildman–Crippen LogP) is 4.08. The van der Waals surface area contributed by atoms with Crippen LogP contribution in [0.3, 0.4) is 0 Å². The van der Waals surface area contributed by atoms with Crippen LogP contribution in [0.4, 0.5) is 5.69 Å². The van der Waals surface area contributed by atoms with Crippen molar-refractivity contribution in [3.05, 3.63) is 81.0 Å². The third kappa shape index (κ3) is 4.10. The van der Waals surface area contributed by atoms with Crippen molar-refractivity contribution in [1.82, 2.24) is 9.55 Å². The van der Waals surface area contributed by atoms with E-state index in [0.29, 0.717) is 21.9 Å². The molecule has 4 rings (SSSR count). The van der Waals surface area contributed by atoms with Crippen molar-refractivity contribution in [2.24, 2.45) is 0 Å². The number of nitrogens with zero attached hydrogens (tertiary/aromatic N) is 2. The van der Waals surface area contributed by atoms with Gasteiger partial charge < -0.3 is 10.4 Å². The van der Waals surface area contributed by atoms with E-state index in [1.807, 2.05) is 50.2 Å². The van der Waals surface area contributed by atoms with Crippen molar-refractivity contribution in [2.45, 2.75) is 20.4 Å². The SMILES string of the molecule is Cc1cc(C)cc(NC(=O)Cn2c(-c3ccccc3)nc3scc(C(=O)O)c3c2=O)c1. The van der Waals surface area contributed by atoms with Gasteiger partial charge in [0, 0.05) is 16.6 Å². The molecule has 0 spiro atoms. The van der Waals surface area contributed by atoms with Crippen LogP contribution in [0.15, 0.2) is 58.7 Å². The number of aromatic nitrogens is 2. The Hall–Kier alpha value is -3.78. The monoisotopic (exact) mass is 433 g/mol. The van der Waals surface area contributed by atoms with Crippen molar-refractivity contribution in [2.75, 3.05) is 5.32 Å². The minimum Gasteiger partial charge on any atom is -0.478 e. The molecule has 4 aromatic rings. The summed E-state index contributed by atoms with van der Waals surface area (Å²) in [5, 5.41) is 13.7. The van der Waals surface area contributed by atoms with E-state index in [1.54, 1.807) is 12.1 Å². The van der Waals surface area contributed by atoms with Gasteiger partial charge in [-0.05, 0) is 37.1 Å². The number of fused-ring (bicyclic) bond motifs is 1. The lowest BCUT2D eigenvalue weighted by atomic mass is 10.1. The molecule has 7 nitrogen and oxygen atoms in total. The molecule has 0 saturated heterocycles. The first kappa shape index (κ1) is 20.5. The van der Waals surface area contributed by atoms with Crippen LogP contribution >= 0.6 is 11.3 Å². The van der Waals surface area contributed by atoms with Gasteiger partial charge >= 0.3 is 5.97 Å². The van der Waals surface area contributed by atoms with E-state index in [0.717, 1.165) is 22.5 Å². The zero-order chi connectivity index (χ0) is 22.1. The van der Waals surface area contributed by atoms with Crippen LogP contribution in [0.1, 0.15) is 21.5 Å². The van der Waals surface area contributed by atoms with E-state index in [-0.39, 0.29) is 17.5 Å². The zero-order valence-electron chi connectivity index (χ0n) is 16.9. The van der Waals surface area contributed by atoms with Crippen LogP contribution in [-0.2, 0) is 11.3 Å². The van der Waals surface area contributed by atoms with Gasteiger partial charge in [-0.15, -0.1) is 11.3 Å². The summed E-state index contributed by atoms with van der Waals surface area (Å²) in [6, 6.07) is 14.7. The number of thiophene rings is 1. The molecular weight excluding hydrogens is 414 g/mol. The van der Waals surface area contributed by atoms with Gasteiger partial charge in [-0.3, -0.25) is 14.2 Å². The first-order valence-corrected chi connectivity index (χ1v) is 10.4.